The first-order valence-corrected chi connectivity index (χ1v) is 11.1. The van der Waals surface area contributed by atoms with Gasteiger partial charge in [-0.3, -0.25) is 4.79 Å². The molecule has 3 rings (SSSR count). The van der Waals surface area contributed by atoms with Gasteiger partial charge in [0.1, 0.15) is 0 Å². The van der Waals surface area contributed by atoms with Gasteiger partial charge in [-0.15, -0.1) is 0 Å². The first-order chi connectivity index (χ1) is 12.3. The molecule has 5 nitrogen and oxygen atoms in total. The van der Waals surface area contributed by atoms with E-state index in [1.807, 2.05) is 11.8 Å². The van der Waals surface area contributed by atoms with E-state index in [1.165, 1.54) is 0 Å². The topological polar surface area (TPSA) is 57.7 Å². The van der Waals surface area contributed by atoms with Crippen LogP contribution in [-0.4, -0.2) is 49.7 Å². The Labute approximate surface area is 157 Å². The fourth-order valence-electron chi connectivity index (χ4n) is 3.91. The normalized spacial score (nSPS) is 23.2. The number of nitrogens with zero attached hydrogens (tertiary/aromatic N) is 2. The van der Waals surface area contributed by atoms with Crippen LogP contribution in [0.1, 0.15) is 55.5 Å². The van der Waals surface area contributed by atoms with Crippen LogP contribution in [-0.2, 0) is 10.0 Å². The molecule has 6 heteroatoms. The van der Waals surface area contributed by atoms with E-state index in [2.05, 4.69) is 13.8 Å². The van der Waals surface area contributed by atoms with Crippen LogP contribution in [0.5, 0.6) is 0 Å². The molecule has 1 amide bonds. The summed E-state index contributed by atoms with van der Waals surface area (Å²) in [4.78, 5) is 15.1. The first-order valence-electron chi connectivity index (χ1n) is 9.69. The molecule has 2 fully saturated rings. The minimum absolute atomic E-state index is 0.0432. The van der Waals surface area contributed by atoms with Gasteiger partial charge in [-0.05, 0) is 62.1 Å². The molecule has 26 heavy (non-hydrogen) atoms. The fourth-order valence-corrected chi connectivity index (χ4v) is 5.41. The molecule has 2 aliphatic heterocycles. The lowest BCUT2D eigenvalue weighted by molar-refractivity contribution is 0.0682. The van der Waals surface area contributed by atoms with E-state index in [0.717, 1.165) is 44.3 Å². The zero-order valence-electron chi connectivity index (χ0n) is 16.1. The van der Waals surface area contributed by atoms with Gasteiger partial charge < -0.3 is 4.90 Å². The molecule has 0 unspecified atom stereocenters. The number of carbonyl (C=O) groups excluding carboxylic acids is 1. The van der Waals surface area contributed by atoms with E-state index >= 15 is 0 Å². The molecule has 0 N–H and O–H groups in total. The lowest BCUT2D eigenvalue weighted by Crippen LogP contribution is -2.40. The van der Waals surface area contributed by atoms with Crippen LogP contribution in [0.25, 0.3) is 0 Å². The van der Waals surface area contributed by atoms with Gasteiger partial charge in [0.25, 0.3) is 5.91 Å². The lowest BCUT2D eigenvalue weighted by Gasteiger charge is -2.32. The van der Waals surface area contributed by atoms with Crippen molar-refractivity contribution < 1.29 is 13.2 Å². The number of piperidine rings is 2. The summed E-state index contributed by atoms with van der Waals surface area (Å²) >= 11 is 0. The minimum atomic E-state index is -3.54. The van der Waals surface area contributed by atoms with Crippen molar-refractivity contribution in [3.8, 4) is 0 Å². The summed E-state index contributed by atoms with van der Waals surface area (Å²) in [5.41, 5.74) is 1.35. The van der Waals surface area contributed by atoms with Crippen molar-refractivity contribution >= 4 is 15.9 Å². The largest absolute Gasteiger partial charge is 0.338 e. The van der Waals surface area contributed by atoms with E-state index in [9.17, 15) is 13.2 Å². The molecule has 144 valence electrons. The van der Waals surface area contributed by atoms with Crippen LogP contribution < -0.4 is 0 Å². The summed E-state index contributed by atoms with van der Waals surface area (Å²) in [6, 6.07) is 4.99. The van der Waals surface area contributed by atoms with Crippen LogP contribution in [0.4, 0.5) is 0 Å². The predicted molar refractivity (Wildman–Crippen MR) is 103 cm³/mol. The number of benzene rings is 1. The van der Waals surface area contributed by atoms with E-state index < -0.39 is 10.0 Å². The zero-order valence-corrected chi connectivity index (χ0v) is 16.9. The number of aryl methyl sites for hydroxylation is 1. The second kappa shape index (κ2) is 7.69. The maximum atomic E-state index is 13.0. The Morgan fingerprint density at radius 3 is 2.38 bits per heavy atom. The molecule has 2 saturated heterocycles. The third-order valence-electron chi connectivity index (χ3n) is 5.76. The molecule has 2 heterocycles. The highest BCUT2D eigenvalue weighted by atomic mass is 32.2. The van der Waals surface area contributed by atoms with E-state index in [4.69, 9.17) is 0 Å². The Morgan fingerprint density at radius 1 is 1.04 bits per heavy atom. The lowest BCUT2D eigenvalue weighted by atomic mass is 9.99. The summed E-state index contributed by atoms with van der Waals surface area (Å²) in [7, 11) is -3.54. The summed E-state index contributed by atoms with van der Waals surface area (Å²) in [6.07, 6.45) is 3.94. The van der Waals surface area contributed by atoms with Crippen molar-refractivity contribution in [2.45, 2.75) is 51.3 Å². The second-order valence-electron chi connectivity index (χ2n) is 8.06. The van der Waals surface area contributed by atoms with E-state index in [0.29, 0.717) is 30.5 Å². The Balaban J connectivity index is 1.86. The third-order valence-corrected chi connectivity index (χ3v) is 7.66. The highest BCUT2D eigenvalue weighted by Gasteiger charge is 2.30. The van der Waals surface area contributed by atoms with Crippen molar-refractivity contribution in [2.24, 2.45) is 11.8 Å². The third kappa shape index (κ3) is 3.96. The zero-order chi connectivity index (χ0) is 18.9. The monoisotopic (exact) mass is 378 g/mol. The number of carbonyl (C=O) groups is 1. The van der Waals surface area contributed by atoms with Gasteiger partial charge in [0.2, 0.25) is 10.0 Å². The van der Waals surface area contributed by atoms with Crippen molar-refractivity contribution in [3.05, 3.63) is 29.3 Å². The Kier molecular flexibility index (Phi) is 5.72. The van der Waals surface area contributed by atoms with Crippen molar-refractivity contribution in [2.75, 3.05) is 26.2 Å². The molecule has 1 atom stereocenters. The highest BCUT2D eigenvalue weighted by Crippen LogP contribution is 2.26. The SMILES string of the molecule is Cc1ccc(S(=O)(=O)N2CCC(C)CC2)cc1C(=O)N1CCC[C@H](C)C1. The summed E-state index contributed by atoms with van der Waals surface area (Å²) < 4.78 is 27.6. The maximum Gasteiger partial charge on any atom is 0.254 e. The molecule has 2 aliphatic rings. The first kappa shape index (κ1) is 19.4. The number of amides is 1. The molecular formula is C20H30N2O3S. The number of hydrogen-bond donors (Lipinski definition) is 0. The summed E-state index contributed by atoms with van der Waals surface area (Å²) in [5.74, 6) is 1.02. The van der Waals surface area contributed by atoms with Gasteiger partial charge in [-0.2, -0.15) is 4.31 Å². The van der Waals surface area contributed by atoms with Crippen LogP contribution in [0.2, 0.25) is 0 Å². The van der Waals surface area contributed by atoms with Crippen molar-refractivity contribution in [1.82, 2.24) is 9.21 Å². The van der Waals surface area contributed by atoms with Gasteiger partial charge in [0, 0.05) is 31.7 Å². The van der Waals surface area contributed by atoms with Crippen LogP contribution in [0.3, 0.4) is 0 Å². The standard InChI is InChI=1S/C20H30N2O3S/c1-15-8-11-22(12-9-15)26(24,25)18-7-6-17(3)19(13-18)20(23)21-10-4-5-16(2)14-21/h6-7,13,15-16H,4-5,8-12,14H2,1-3H3/t16-/m0/s1. The average molecular weight is 379 g/mol. The van der Waals surface area contributed by atoms with Crippen LogP contribution in [0, 0.1) is 18.8 Å². The number of sulfonamides is 1. The highest BCUT2D eigenvalue weighted by molar-refractivity contribution is 7.89. The molecule has 1 aromatic carbocycles. The molecule has 0 spiro atoms. The van der Waals surface area contributed by atoms with E-state index in [1.54, 1.807) is 22.5 Å². The molecule has 0 bridgehead atoms. The van der Waals surface area contributed by atoms with Gasteiger partial charge in [-0.25, -0.2) is 8.42 Å². The number of hydrogen-bond acceptors (Lipinski definition) is 3. The summed E-state index contributed by atoms with van der Waals surface area (Å²) in [6.45, 7) is 8.81. The Hall–Kier alpha value is -1.40. The van der Waals surface area contributed by atoms with Gasteiger partial charge in [0.15, 0.2) is 0 Å². The molecule has 0 aliphatic carbocycles. The quantitative estimate of drug-likeness (QED) is 0.811. The number of rotatable bonds is 3. The van der Waals surface area contributed by atoms with Crippen molar-refractivity contribution in [1.29, 1.82) is 0 Å². The molecule has 0 saturated carbocycles. The number of likely N-dealkylation sites (tertiary alicyclic amines) is 1. The molecule has 0 aromatic heterocycles. The summed E-state index contributed by atoms with van der Waals surface area (Å²) in [5, 5.41) is 0. The van der Waals surface area contributed by atoms with E-state index in [-0.39, 0.29) is 10.8 Å². The van der Waals surface area contributed by atoms with Crippen molar-refractivity contribution in [3.63, 3.8) is 0 Å². The smallest absolute Gasteiger partial charge is 0.254 e. The Morgan fingerprint density at radius 2 is 1.73 bits per heavy atom. The molecule has 0 radical (unpaired) electrons. The van der Waals surface area contributed by atoms with Crippen LogP contribution in [0.15, 0.2) is 23.1 Å². The van der Waals surface area contributed by atoms with Gasteiger partial charge in [0.05, 0.1) is 4.90 Å². The fraction of sp³-hybridized carbons (Fsp3) is 0.650. The minimum Gasteiger partial charge on any atom is -0.338 e. The Bertz CT molecular complexity index is 767. The molecular weight excluding hydrogens is 348 g/mol. The average Bonchev–Trinajstić information content (AvgIpc) is 2.62. The van der Waals surface area contributed by atoms with Crippen LogP contribution >= 0.6 is 0 Å². The molecule has 1 aromatic rings. The maximum absolute atomic E-state index is 13.0. The van der Waals surface area contributed by atoms with Gasteiger partial charge in [-0.1, -0.05) is 19.9 Å². The predicted octanol–water partition coefficient (Wildman–Crippen LogP) is 3.29. The van der Waals surface area contributed by atoms with Gasteiger partial charge >= 0.3 is 0 Å². The second-order valence-corrected chi connectivity index (χ2v) is 10.00.